The van der Waals surface area contributed by atoms with E-state index in [9.17, 15) is 29.1 Å². The number of carbonyl (C=O) groups is 5. The van der Waals surface area contributed by atoms with Gasteiger partial charge in [-0.05, 0) is 18.8 Å². The molecule has 1 aliphatic rings. The summed E-state index contributed by atoms with van der Waals surface area (Å²) in [6.07, 6.45) is 0.843. The molecule has 5 atom stereocenters. The standard InChI is InChI=1S/C18H30N4O7S/c1-3-9(2)14(17(27)22-6-4-5-12(22)18(28)29)21-16(26)11(8-30)20-15(25)10(19)7-13(23)24/h9-12,14,30H,3-8,19H2,1-2H3,(H,20,25)(H,21,26)(H,23,24)(H,28,29). The van der Waals surface area contributed by atoms with Crippen molar-refractivity contribution in [2.24, 2.45) is 11.7 Å². The van der Waals surface area contributed by atoms with Gasteiger partial charge in [0.2, 0.25) is 17.7 Å². The minimum absolute atomic E-state index is 0.111. The largest absolute Gasteiger partial charge is 0.481 e. The Hall–Kier alpha value is -2.34. The summed E-state index contributed by atoms with van der Waals surface area (Å²) in [7, 11) is 0. The molecule has 0 aromatic rings. The number of hydrogen-bond donors (Lipinski definition) is 6. The van der Waals surface area contributed by atoms with Gasteiger partial charge in [-0.3, -0.25) is 19.2 Å². The van der Waals surface area contributed by atoms with Crippen LogP contribution in [0.15, 0.2) is 0 Å². The number of nitrogens with one attached hydrogen (secondary N) is 2. The smallest absolute Gasteiger partial charge is 0.326 e. The molecule has 170 valence electrons. The van der Waals surface area contributed by atoms with E-state index < -0.39 is 60.2 Å². The lowest BCUT2D eigenvalue weighted by atomic mass is 9.97. The van der Waals surface area contributed by atoms with Gasteiger partial charge in [0.05, 0.1) is 12.5 Å². The molecule has 1 aliphatic heterocycles. The zero-order valence-electron chi connectivity index (χ0n) is 17.0. The average Bonchev–Trinajstić information content (AvgIpc) is 3.18. The Morgan fingerprint density at radius 1 is 1.17 bits per heavy atom. The highest BCUT2D eigenvalue weighted by atomic mass is 32.1. The third-order valence-corrected chi connectivity index (χ3v) is 5.51. The number of nitrogens with two attached hydrogens (primary N) is 1. The fourth-order valence-corrected chi connectivity index (χ4v) is 3.41. The van der Waals surface area contributed by atoms with Crippen LogP contribution in [0.3, 0.4) is 0 Å². The Morgan fingerprint density at radius 2 is 1.80 bits per heavy atom. The average molecular weight is 447 g/mol. The Morgan fingerprint density at radius 3 is 2.30 bits per heavy atom. The van der Waals surface area contributed by atoms with Crippen LogP contribution in [0, 0.1) is 5.92 Å². The fraction of sp³-hybridized carbons (Fsp3) is 0.722. The van der Waals surface area contributed by atoms with E-state index in [1.54, 1.807) is 6.92 Å². The van der Waals surface area contributed by atoms with Crippen molar-refractivity contribution in [1.82, 2.24) is 15.5 Å². The van der Waals surface area contributed by atoms with Gasteiger partial charge < -0.3 is 31.5 Å². The Balaban J connectivity index is 2.91. The number of carbonyl (C=O) groups excluding carboxylic acids is 3. The lowest BCUT2D eigenvalue weighted by Gasteiger charge is -2.31. The first kappa shape index (κ1) is 25.7. The maximum Gasteiger partial charge on any atom is 0.326 e. The molecule has 0 saturated carbocycles. The summed E-state index contributed by atoms with van der Waals surface area (Å²) in [5.74, 6) is -4.76. The number of rotatable bonds is 11. The van der Waals surface area contributed by atoms with Crippen molar-refractivity contribution in [3.05, 3.63) is 0 Å². The lowest BCUT2D eigenvalue weighted by molar-refractivity contribution is -0.150. The number of carboxylic acids is 2. The van der Waals surface area contributed by atoms with Gasteiger partial charge >= 0.3 is 11.9 Å². The minimum Gasteiger partial charge on any atom is -0.481 e. The Bertz CT molecular complexity index is 675. The molecule has 6 N–H and O–H groups in total. The normalized spacial score (nSPS) is 20.0. The zero-order valence-corrected chi connectivity index (χ0v) is 17.9. The van der Waals surface area contributed by atoms with Crippen LogP contribution < -0.4 is 16.4 Å². The molecule has 0 bridgehead atoms. The second-order valence-electron chi connectivity index (χ2n) is 7.35. The molecule has 1 saturated heterocycles. The number of likely N-dealkylation sites (tertiary alicyclic amines) is 1. The molecule has 3 amide bonds. The highest BCUT2D eigenvalue weighted by molar-refractivity contribution is 7.80. The molecule has 1 rings (SSSR count). The molecule has 0 spiro atoms. The van der Waals surface area contributed by atoms with Gasteiger partial charge in [-0.15, -0.1) is 0 Å². The van der Waals surface area contributed by atoms with Crippen molar-refractivity contribution >= 4 is 42.3 Å². The van der Waals surface area contributed by atoms with E-state index in [-0.39, 0.29) is 18.2 Å². The highest BCUT2D eigenvalue weighted by Gasteiger charge is 2.39. The van der Waals surface area contributed by atoms with Crippen LogP contribution in [0.4, 0.5) is 0 Å². The van der Waals surface area contributed by atoms with Crippen molar-refractivity contribution in [3.63, 3.8) is 0 Å². The van der Waals surface area contributed by atoms with Crippen molar-refractivity contribution in [1.29, 1.82) is 0 Å². The molecule has 1 heterocycles. The molecule has 12 heteroatoms. The van der Waals surface area contributed by atoms with Gasteiger partial charge in [-0.25, -0.2) is 4.79 Å². The van der Waals surface area contributed by atoms with E-state index >= 15 is 0 Å². The fourth-order valence-electron chi connectivity index (χ4n) is 3.16. The second-order valence-corrected chi connectivity index (χ2v) is 7.71. The van der Waals surface area contributed by atoms with E-state index in [0.29, 0.717) is 19.3 Å². The maximum atomic E-state index is 13.0. The van der Waals surface area contributed by atoms with Gasteiger partial charge in [0.15, 0.2) is 0 Å². The molecule has 11 nitrogen and oxygen atoms in total. The number of hydrogen-bond acceptors (Lipinski definition) is 7. The second kappa shape index (κ2) is 11.7. The number of nitrogens with zero attached hydrogens (tertiary/aromatic N) is 1. The van der Waals surface area contributed by atoms with E-state index in [2.05, 4.69) is 23.3 Å². The van der Waals surface area contributed by atoms with E-state index in [4.69, 9.17) is 10.8 Å². The molecular weight excluding hydrogens is 416 g/mol. The molecule has 0 radical (unpaired) electrons. The van der Waals surface area contributed by atoms with Crippen molar-refractivity contribution < 1.29 is 34.2 Å². The van der Waals surface area contributed by atoms with Gasteiger partial charge in [-0.2, -0.15) is 12.6 Å². The quantitative estimate of drug-likeness (QED) is 0.214. The lowest BCUT2D eigenvalue weighted by Crippen LogP contribution is -2.59. The third kappa shape index (κ3) is 6.87. The zero-order chi connectivity index (χ0) is 23.0. The first-order valence-electron chi connectivity index (χ1n) is 9.75. The highest BCUT2D eigenvalue weighted by Crippen LogP contribution is 2.21. The summed E-state index contributed by atoms with van der Waals surface area (Å²) in [4.78, 5) is 61.1. The van der Waals surface area contributed by atoms with Crippen molar-refractivity contribution in [3.8, 4) is 0 Å². The van der Waals surface area contributed by atoms with E-state index in [1.165, 1.54) is 4.90 Å². The minimum atomic E-state index is -1.34. The van der Waals surface area contributed by atoms with Gasteiger partial charge in [0, 0.05) is 12.3 Å². The summed E-state index contributed by atoms with van der Waals surface area (Å²) in [6, 6.07) is -4.40. The topological polar surface area (TPSA) is 179 Å². The SMILES string of the molecule is CCC(C)C(NC(=O)C(CS)NC(=O)C(N)CC(=O)O)C(=O)N1CCCC1C(=O)O. The van der Waals surface area contributed by atoms with Gasteiger partial charge in [0.25, 0.3) is 0 Å². The predicted octanol–water partition coefficient (Wildman–Crippen LogP) is -1.19. The Kier molecular flexibility index (Phi) is 10.1. The molecule has 0 aromatic heterocycles. The number of thiol groups is 1. The summed E-state index contributed by atoms with van der Waals surface area (Å²) >= 11 is 4.04. The van der Waals surface area contributed by atoms with Crippen LogP contribution in [0.25, 0.3) is 0 Å². The number of carboxylic acid groups (broad SMARTS) is 2. The maximum absolute atomic E-state index is 13.0. The summed E-state index contributed by atoms with van der Waals surface area (Å²) in [5.41, 5.74) is 5.50. The summed E-state index contributed by atoms with van der Waals surface area (Å²) < 4.78 is 0. The molecular formula is C18H30N4O7S. The third-order valence-electron chi connectivity index (χ3n) is 5.14. The van der Waals surface area contributed by atoms with Gasteiger partial charge in [-0.1, -0.05) is 20.3 Å². The predicted molar refractivity (Wildman–Crippen MR) is 110 cm³/mol. The van der Waals surface area contributed by atoms with Crippen LogP contribution >= 0.6 is 12.6 Å². The van der Waals surface area contributed by atoms with E-state index in [1.807, 2.05) is 6.92 Å². The first-order chi connectivity index (χ1) is 14.0. The number of aliphatic carboxylic acids is 2. The van der Waals surface area contributed by atoms with Crippen molar-refractivity contribution in [2.45, 2.75) is 63.7 Å². The molecule has 30 heavy (non-hydrogen) atoms. The summed E-state index contributed by atoms with van der Waals surface area (Å²) in [5, 5.41) is 23.0. The van der Waals surface area contributed by atoms with Crippen LogP contribution in [-0.4, -0.2) is 81.2 Å². The first-order valence-corrected chi connectivity index (χ1v) is 10.4. The van der Waals surface area contributed by atoms with Crippen LogP contribution in [0.5, 0.6) is 0 Å². The van der Waals surface area contributed by atoms with Gasteiger partial charge in [0.1, 0.15) is 18.1 Å². The Labute approximate surface area is 180 Å². The molecule has 1 fully saturated rings. The number of amides is 3. The van der Waals surface area contributed by atoms with Crippen molar-refractivity contribution in [2.75, 3.05) is 12.3 Å². The summed E-state index contributed by atoms with van der Waals surface area (Å²) in [6.45, 7) is 3.87. The van der Waals surface area contributed by atoms with Crippen LogP contribution in [-0.2, 0) is 24.0 Å². The molecule has 0 aliphatic carbocycles. The van der Waals surface area contributed by atoms with Crippen LogP contribution in [0.2, 0.25) is 0 Å². The molecule has 5 unspecified atom stereocenters. The monoisotopic (exact) mass is 446 g/mol. The van der Waals surface area contributed by atoms with Crippen LogP contribution in [0.1, 0.15) is 39.5 Å². The van der Waals surface area contributed by atoms with E-state index in [0.717, 1.165) is 0 Å². The molecule has 0 aromatic carbocycles.